The van der Waals surface area contributed by atoms with Crippen molar-refractivity contribution in [3.8, 4) is 0 Å². The van der Waals surface area contributed by atoms with E-state index in [4.69, 9.17) is 10.5 Å². The van der Waals surface area contributed by atoms with Crippen LogP contribution in [0, 0.1) is 23.5 Å². The molecule has 2 aliphatic carbocycles. The quantitative estimate of drug-likeness (QED) is 0.562. The highest BCUT2D eigenvalue weighted by molar-refractivity contribution is 5.99. The lowest BCUT2D eigenvalue weighted by atomic mass is 10.0. The van der Waals surface area contributed by atoms with E-state index in [1.165, 1.54) is 9.47 Å². The first kappa shape index (κ1) is 23.4. The van der Waals surface area contributed by atoms with E-state index in [-0.39, 0.29) is 41.7 Å². The van der Waals surface area contributed by atoms with Crippen LogP contribution in [0.5, 0.6) is 0 Å². The highest BCUT2D eigenvalue weighted by Crippen LogP contribution is 2.48. The Balaban J connectivity index is 1.58. The zero-order valence-corrected chi connectivity index (χ0v) is 19.7. The Morgan fingerprint density at radius 1 is 1.20 bits per heavy atom. The highest BCUT2D eigenvalue weighted by atomic mass is 19.1. The third-order valence-corrected chi connectivity index (χ3v) is 6.92. The van der Waals surface area contributed by atoms with Crippen LogP contribution in [0.4, 0.5) is 25.0 Å². The van der Waals surface area contributed by atoms with Gasteiger partial charge in [-0.1, -0.05) is 0 Å². The molecule has 3 aliphatic rings. The fourth-order valence-electron chi connectivity index (χ4n) is 5.12. The molecule has 0 unspecified atom stereocenters. The van der Waals surface area contributed by atoms with Gasteiger partial charge in [0.15, 0.2) is 11.6 Å². The third kappa shape index (κ3) is 4.06. The Hall–Kier alpha value is -3.37. The normalized spacial score (nSPS) is 23.7. The molecule has 0 radical (unpaired) electrons. The van der Waals surface area contributed by atoms with Crippen molar-refractivity contribution in [1.29, 1.82) is 0 Å². The number of hydrogen-bond donors (Lipinski definition) is 3. The molecule has 3 atom stereocenters. The number of rotatable bonds is 4. The second-order valence-electron chi connectivity index (χ2n) is 10.7. The number of alkyl carbamates (subject to hydrolysis) is 1. The van der Waals surface area contributed by atoms with Crippen molar-refractivity contribution in [2.24, 2.45) is 11.8 Å². The molecule has 0 bridgehead atoms. The van der Waals surface area contributed by atoms with E-state index < -0.39 is 51.4 Å². The number of carbonyl (C=O) groups is 2. The predicted molar refractivity (Wildman–Crippen MR) is 125 cm³/mol. The van der Waals surface area contributed by atoms with Crippen LogP contribution in [-0.4, -0.2) is 46.5 Å². The Kier molecular flexibility index (Phi) is 5.22. The maximum atomic E-state index is 16.1. The lowest BCUT2D eigenvalue weighted by Gasteiger charge is -2.35. The number of anilines is 2. The van der Waals surface area contributed by atoms with Gasteiger partial charge in [-0.05, 0) is 51.9 Å². The van der Waals surface area contributed by atoms with Gasteiger partial charge in [0, 0.05) is 25.3 Å². The van der Waals surface area contributed by atoms with Gasteiger partial charge < -0.3 is 30.4 Å². The van der Waals surface area contributed by atoms with Crippen LogP contribution >= 0.6 is 0 Å². The van der Waals surface area contributed by atoms with E-state index in [0.29, 0.717) is 19.4 Å². The molecule has 1 aliphatic heterocycles. The van der Waals surface area contributed by atoms with E-state index in [2.05, 4.69) is 5.32 Å². The topological polar surface area (TPSA) is 127 Å². The predicted octanol–water partition coefficient (Wildman–Crippen LogP) is 3.24. The summed E-state index contributed by atoms with van der Waals surface area (Å²) in [6.07, 6.45) is 2.68. The van der Waals surface area contributed by atoms with E-state index in [1.807, 2.05) is 0 Å². The van der Waals surface area contributed by atoms with Crippen LogP contribution in [0.1, 0.15) is 56.4 Å². The molecule has 35 heavy (non-hydrogen) atoms. The van der Waals surface area contributed by atoms with Crippen molar-refractivity contribution >= 4 is 34.3 Å². The van der Waals surface area contributed by atoms with Crippen molar-refractivity contribution in [3.05, 3.63) is 33.6 Å². The fourth-order valence-corrected chi connectivity index (χ4v) is 5.12. The molecular weight excluding hydrogens is 462 g/mol. The van der Waals surface area contributed by atoms with Crippen LogP contribution in [0.2, 0.25) is 0 Å². The summed E-state index contributed by atoms with van der Waals surface area (Å²) in [7, 11) is 0. The summed E-state index contributed by atoms with van der Waals surface area (Å²) in [5, 5.41) is 11.8. The minimum absolute atomic E-state index is 0.138. The van der Waals surface area contributed by atoms with Gasteiger partial charge >= 0.3 is 12.1 Å². The molecule has 1 aromatic carbocycles. The molecule has 9 nitrogen and oxygen atoms in total. The summed E-state index contributed by atoms with van der Waals surface area (Å²) in [5.41, 5.74) is 2.60. The number of piperidine rings is 1. The number of pyridine rings is 1. The number of nitrogens with one attached hydrogen (secondary N) is 1. The van der Waals surface area contributed by atoms with E-state index >= 15 is 8.78 Å². The number of aromatic carboxylic acids is 1. The number of nitrogens with two attached hydrogens (primary N) is 1. The monoisotopic (exact) mass is 490 g/mol. The molecule has 0 spiro atoms. The van der Waals surface area contributed by atoms with Crippen LogP contribution in [0.3, 0.4) is 0 Å². The molecule has 5 rings (SSSR count). The van der Waals surface area contributed by atoms with Crippen molar-refractivity contribution in [1.82, 2.24) is 9.88 Å². The van der Waals surface area contributed by atoms with E-state index in [1.54, 1.807) is 20.8 Å². The fraction of sp³-hybridized carbons (Fsp3) is 0.542. The zero-order chi connectivity index (χ0) is 25.4. The number of nitrogens with zero attached hydrogens (tertiary/aromatic N) is 2. The van der Waals surface area contributed by atoms with Gasteiger partial charge in [-0.15, -0.1) is 0 Å². The summed E-state index contributed by atoms with van der Waals surface area (Å²) in [6, 6.07) is -0.571. The summed E-state index contributed by atoms with van der Waals surface area (Å²) in [6.45, 7) is 5.75. The third-order valence-electron chi connectivity index (χ3n) is 6.92. The van der Waals surface area contributed by atoms with Gasteiger partial charge in [-0.25, -0.2) is 18.4 Å². The van der Waals surface area contributed by atoms with Crippen molar-refractivity contribution in [2.75, 3.05) is 23.7 Å². The van der Waals surface area contributed by atoms with Crippen molar-refractivity contribution in [2.45, 2.75) is 57.7 Å². The van der Waals surface area contributed by atoms with Gasteiger partial charge in [0.05, 0.1) is 22.6 Å². The second-order valence-corrected chi connectivity index (χ2v) is 10.7. The number of carboxylic acid groups (broad SMARTS) is 1. The highest BCUT2D eigenvalue weighted by Gasteiger charge is 2.50. The maximum Gasteiger partial charge on any atom is 0.407 e. The standard InChI is InChI=1S/C24H28F2N4O5/c1-24(2,3)35-23(34)28-14-9-29(7-10-6-12(10)14)20-16(25)18(27)15-19(17(20)26)30(11-4-5-11)8-13(21(15)31)22(32)33/h8,10-12,14H,4-7,9,27H2,1-3H3,(H,28,34)(H,32,33)/t10-,12-,14-/m1/s1. The van der Waals surface area contributed by atoms with Crippen LogP contribution < -0.4 is 21.4 Å². The zero-order valence-electron chi connectivity index (χ0n) is 19.7. The lowest BCUT2D eigenvalue weighted by molar-refractivity contribution is 0.0494. The molecule has 2 saturated carbocycles. The number of carbonyl (C=O) groups excluding carboxylic acids is 1. The number of nitrogen functional groups attached to an aromatic ring is 1. The second kappa shape index (κ2) is 7.82. The number of carboxylic acids is 1. The van der Waals surface area contributed by atoms with Gasteiger partial charge in [-0.3, -0.25) is 4.79 Å². The van der Waals surface area contributed by atoms with E-state index in [9.17, 15) is 19.5 Å². The van der Waals surface area contributed by atoms with Crippen LogP contribution in [0.15, 0.2) is 11.0 Å². The van der Waals surface area contributed by atoms with Crippen LogP contribution in [0.25, 0.3) is 10.9 Å². The van der Waals surface area contributed by atoms with Gasteiger partial charge in [0.25, 0.3) is 0 Å². The SMILES string of the molecule is CC(C)(C)OC(=O)N[C@@H]1CN(c2c(F)c(N)c3c(=O)c(C(=O)O)cn(C4CC4)c3c2F)C[C@H]2C[C@H]21. The Labute approximate surface area is 199 Å². The molecule has 1 aromatic heterocycles. The molecular formula is C24H28F2N4O5. The first-order valence-electron chi connectivity index (χ1n) is 11.7. The lowest BCUT2D eigenvalue weighted by Crippen LogP contribution is -2.51. The molecule has 188 valence electrons. The average molecular weight is 491 g/mol. The molecule has 3 fully saturated rings. The Morgan fingerprint density at radius 2 is 1.89 bits per heavy atom. The van der Waals surface area contributed by atoms with Gasteiger partial charge in [-0.2, -0.15) is 0 Å². The number of ether oxygens (including phenoxy) is 1. The van der Waals surface area contributed by atoms with Gasteiger partial charge in [0.1, 0.15) is 16.9 Å². The summed E-state index contributed by atoms with van der Waals surface area (Å²) >= 11 is 0. The van der Waals surface area contributed by atoms with Crippen molar-refractivity contribution < 1.29 is 28.2 Å². The number of hydrogen-bond acceptors (Lipinski definition) is 6. The molecule has 1 saturated heterocycles. The molecule has 2 aromatic rings. The number of fused-ring (bicyclic) bond motifs is 2. The average Bonchev–Trinajstić information content (AvgIpc) is 3.64. The molecule has 2 heterocycles. The number of aromatic nitrogens is 1. The van der Waals surface area contributed by atoms with Crippen LogP contribution in [-0.2, 0) is 4.74 Å². The minimum atomic E-state index is -1.48. The Bertz CT molecular complexity index is 1310. The summed E-state index contributed by atoms with van der Waals surface area (Å²) in [4.78, 5) is 38.3. The number of halogens is 2. The van der Waals surface area contributed by atoms with E-state index in [0.717, 1.165) is 12.6 Å². The van der Waals surface area contributed by atoms with Crippen molar-refractivity contribution in [3.63, 3.8) is 0 Å². The number of amides is 1. The van der Waals surface area contributed by atoms with Gasteiger partial charge in [0.2, 0.25) is 5.43 Å². The summed E-state index contributed by atoms with van der Waals surface area (Å²) < 4.78 is 38.4. The first-order chi connectivity index (χ1) is 16.4. The first-order valence-corrected chi connectivity index (χ1v) is 11.7. The molecule has 11 heteroatoms. The Morgan fingerprint density at radius 3 is 2.49 bits per heavy atom. The maximum absolute atomic E-state index is 16.1. The number of benzene rings is 1. The molecule has 1 amide bonds. The minimum Gasteiger partial charge on any atom is -0.477 e. The molecule has 4 N–H and O–H groups in total. The largest absolute Gasteiger partial charge is 0.477 e. The smallest absolute Gasteiger partial charge is 0.407 e. The summed E-state index contributed by atoms with van der Waals surface area (Å²) in [5.74, 6) is -3.22.